The van der Waals surface area contributed by atoms with Crippen molar-refractivity contribution in [3.8, 4) is 11.5 Å². The van der Waals surface area contributed by atoms with Crippen LogP contribution in [0.4, 0.5) is 14.9 Å². The van der Waals surface area contributed by atoms with Gasteiger partial charge in [-0.1, -0.05) is 12.1 Å². The third kappa shape index (κ3) is 5.93. The van der Waals surface area contributed by atoms with E-state index >= 15 is 0 Å². The average molecular weight is 530 g/mol. The lowest BCUT2D eigenvalue weighted by Gasteiger charge is -2.20. The molecule has 2 aromatic heterocycles. The number of pyridine rings is 1. The zero-order chi connectivity index (χ0) is 27.4. The van der Waals surface area contributed by atoms with Crippen LogP contribution in [0.1, 0.15) is 21.5 Å². The summed E-state index contributed by atoms with van der Waals surface area (Å²) in [6.07, 6.45) is 6.49. The fourth-order valence-corrected chi connectivity index (χ4v) is 4.10. The molecule has 198 valence electrons. The summed E-state index contributed by atoms with van der Waals surface area (Å²) in [5, 5.41) is 6.73. The maximum absolute atomic E-state index is 13.5. The number of hydrogen-bond acceptors (Lipinski definition) is 7. The maximum Gasteiger partial charge on any atom is 0.342 e. The van der Waals surface area contributed by atoms with Crippen LogP contribution in [0.2, 0.25) is 0 Å². The van der Waals surface area contributed by atoms with Crippen molar-refractivity contribution < 1.29 is 28.2 Å². The molecule has 0 radical (unpaired) electrons. The molecule has 0 saturated heterocycles. The maximum atomic E-state index is 13.5. The monoisotopic (exact) mass is 529 g/mol. The number of nitrogens with zero attached hydrogens (tertiary/aromatic N) is 4. The molecule has 2 aromatic carbocycles. The number of rotatable bonds is 7. The van der Waals surface area contributed by atoms with Crippen LogP contribution in [-0.4, -0.2) is 58.8 Å². The zero-order valence-corrected chi connectivity index (χ0v) is 20.9. The summed E-state index contributed by atoms with van der Waals surface area (Å²) in [5.74, 6) is -0.157. The highest BCUT2D eigenvalue weighted by Gasteiger charge is 2.31. The van der Waals surface area contributed by atoms with E-state index in [1.54, 1.807) is 49.5 Å². The second kappa shape index (κ2) is 11.1. The van der Waals surface area contributed by atoms with Gasteiger partial charge in [0.2, 0.25) is 0 Å². The van der Waals surface area contributed by atoms with E-state index in [2.05, 4.69) is 15.4 Å². The Balaban J connectivity index is 1.22. The molecule has 10 nitrogen and oxygen atoms in total. The number of nitrogens with one attached hydrogen (secondary N) is 1. The van der Waals surface area contributed by atoms with Crippen LogP contribution in [-0.2, 0) is 11.2 Å². The van der Waals surface area contributed by atoms with Crippen LogP contribution in [0.5, 0.6) is 11.5 Å². The first-order valence-electron chi connectivity index (χ1n) is 12.1. The number of likely N-dealkylation sites (N-methyl/N-ethyl adjacent to an activating group) is 1. The van der Waals surface area contributed by atoms with Crippen molar-refractivity contribution in [3.63, 3.8) is 0 Å². The highest BCUT2D eigenvalue weighted by atomic mass is 19.1. The van der Waals surface area contributed by atoms with Gasteiger partial charge in [-0.15, -0.1) is 0 Å². The molecule has 1 atom stereocenters. The van der Waals surface area contributed by atoms with Gasteiger partial charge < -0.3 is 19.7 Å². The number of anilines is 1. The average Bonchev–Trinajstić information content (AvgIpc) is 3.38. The Bertz CT molecular complexity index is 1520. The molecule has 0 aliphatic carbocycles. The summed E-state index contributed by atoms with van der Waals surface area (Å²) < 4.78 is 26.0. The summed E-state index contributed by atoms with van der Waals surface area (Å²) in [7, 11) is 1.56. The van der Waals surface area contributed by atoms with E-state index in [0.29, 0.717) is 34.7 Å². The summed E-state index contributed by atoms with van der Waals surface area (Å²) in [6, 6.07) is 12.7. The summed E-state index contributed by atoms with van der Waals surface area (Å²) in [5.41, 5.74) is 2.36. The van der Waals surface area contributed by atoms with E-state index in [9.17, 15) is 18.8 Å². The number of halogens is 1. The van der Waals surface area contributed by atoms with E-state index in [-0.39, 0.29) is 24.8 Å². The van der Waals surface area contributed by atoms with Crippen molar-refractivity contribution in [2.75, 3.05) is 25.2 Å². The van der Waals surface area contributed by atoms with Gasteiger partial charge in [-0.05, 0) is 47.5 Å². The highest BCUT2D eigenvalue weighted by Crippen LogP contribution is 2.34. The number of Topliss-reactive ketones (excluding diaryl/α,β-unsaturated/α-hetero) is 1. The minimum Gasteiger partial charge on any atom is -0.489 e. The Hall–Kier alpha value is -5.06. The Labute approximate surface area is 223 Å². The van der Waals surface area contributed by atoms with Crippen LogP contribution in [0.3, 0.4) is 0 Å². The Morgan fingerprint density at radius 2 is 1.95 bits per heavy atom. The normalized spacial score (nSPS) is 14.7. The predicted molar refractivity (Wildman–Crippen MR) is 139 cm³/mol. The number of carbonyl (C=O) groups excluding carboxylic acids is 3. The van der Waals surface area contributed by atoms with Crippen LogP contribution < -0.4 is 19.7 Å². The first-order valence-corrected chi connectivity index (χ1v) is 12.1. The highest BCUT2D eigenvalue weighted by molar-refractivity contribution is 6.01. The van der Waals surface area contributed by atoms with Gasteiger partial charge in [0.25, 0.3) is 5.91 Å². The van der Waals surface area contributed by atoms with Crippen molar-refractivity contribution in [1.29, 1.82) is 0 Å². The molecule has 2 amide bonds. The number of ether oxygens (including phenoxy) is 2. The molecular weight excluding hydrogens is 505 g/mol. The van der Waals surface area contributed by atoms with E-state index in [1.807, 2.05) is 0 Å². The number of benzene rings is 2. The Morgan fingerprint density at radius 3 is 2.74 bits per heavy atom. The summed E-state index contributed by atoms with van der Waals surface area (Å²) in [4.78, 5) is 43.6. The first kappa shape index (κ1) is 25.6. The van der Waals surface area contributed by atoms with E-state index in [1.165, 1.54) is 41.8 Å². The van der Waals surface area contributed by atoms with Crippen molar-refractivity contribution >= 4 is 23.4 Å². The second-order valence-corrected chi connectivity index (χ2v) is 8.89. The van der Waals surface area contributed by atoms with E-state index in [0.717, 1.165) is 10.2 Å². The fraction of sp³-hybridized carbons (Fsp3) is 0.179. The number of aromatic nitrogens is 3. The minimum atomic E-state index is -0.983. The minimum absolute atomic E-state index is 0.0972. The molecule has 1 N–H and O–H groups in total. The number of hydrogen-bond donors (Lipinski definition) is 1. The largest absolute Gasteiger partial charge is 0.489 e. The Morgan fingerprint density at radius 1 is 1.13 bits per heavy atom. The van der Waals surface area contributed by atoms with Gasteiger partial charge in [0.05, 0.1) is 11.9 Å². The smallest absolute Gasteiger partial charge is 0.342 e. The van der Waals surface area contributed by atoms with Gasteiger partial charge in [-0.2, -0.15) is 9.78 Å². The van der Waals surface area contributed by atoms with Crippen molar-refractivity contribution in [2.45, 2.75) is 12.5 Å². The van der Waals surface area contributed by atoms with Gasteiger partial charge in [0, 0.05) is 43.7 Å². The SMILES string of the molecule is CN1C(=O)[C@@H](NC(=O)n2cc(Cc3cccc(F)c3)cn2)COc2ccc(OCC(=O)c3ccncc3)cc21. The molecule has 0 spiro atoms. The van der Waals surface area contributed by atoms with Gasteiger partial charge in [0.15, 0.2) is 12.4 Å². The first-order chi connectivity index (χ1) is 18.9. The lowest BCUT2D eigenvalue weighted by Crippen LogP contribution is -2.50. The molecule has 0 saturated carbocycles. The number of amides is 2. The molecule has 11 heteroatoms. The number of ketones is 1. The molecule has 3 heterocycles. The molecule has 5 rings (SSSR count). The van der Waals surface area contributed by atoms with Gasteiger partial charge in [-0.25, -0.2) is 9.18 Å². The standard InChI is InChI=1S/C28H24FN5O5/c1-33-24-13-22(38-17-25(35)20-7-9-30-10-8-20)5-6-26(24)39-16-23(27(33)36)32-28(37)34-15-19(14-31-34)11-18-3-2-4-21(29)12-18/h2-10,12-15,23H,11,16-17H2,1H3,(H,32,37)/t23-/m0/s1. The molecule has 0 unspecified atom stereocenters. The van der Waals surface area contributed by atoms with Crippen molar-refractivity contribution in [2.24, 2.45) is 0 Å². The molecule has 1 aliphatic heterocycles. The fourth-order valence-electron chi connectivity index (χ4n) is 4.10. The van der Waals surface area contributed by atoms with Crippen LogP contribution in [0.25, 0.3) is 0 Å². The molecule has 0 fully saturated rings. The third-order valence-electron chi connectivity index (χ3n) is 6.14. The molecule has 1 aliphatic rings. The van der Waals surface area contributed by atoms with Crippen LogP contribution in [0, 0.1) is 5.82 Å². The van der Waals surface area contributed by atoms with E-state index < -0.39 is 18.0 Å². The lowest BCUT2D eigenvalue weighted by molar-refractivity contribution is -0.120. The predicted octanol–water partition coefficient (Wildman–Crippen LogP) is 3.25. The molecule has 39 heavy (non-hydrogen) atoms. The topological polar surface area (TPSA) is 116 Å². The van der Waals surface area contributed by atoms with Crippen molar-refractivity contribution in [1.82, 2.24) is 20.1 Å². The van der Waals surface area contributed by atoms with E-state index in [4.69, 9.17) is 9.47 Å². The quantitative estimate of drug-likeness (QED) is 0.366. The van der Waals surface area contributed by atoms with Crippen LogP contribution in [0.15, 0.2) is 79.4 Å². The second-order valence-electron chi connectivity index (χ2n) is 8.89. The lowest BCUT2D eigenvalue weighted by atomic mass is 10.1. The Kier molecular flexibility index (Phi) is 7.30. The summed E-state index contributed by atoms with van der Waals surface area (Å²) >= 11 is 0. The number of carbonyl (C=O) groups is 3. The molecular formula is C28H24FN5O5. The van der Waals surface area contributed by atoms with Gasteiger partial charge >= 0.3 is 6.03 Å². The molecule has 0 bridgehead atoms. The summed E-state index contributed by atoms with van der Waals surface area (Å²) in [6.45, 7) is -0.287. The molecule has 4 aromatic rings. The van der Waals surface area contributed by atoms with Gasteiger partial charge in [-0.3, -0.25) is 14.6 Å². The number of fused-ring (bicyclic) bond motifs is 1. The van der Waals surface area contributed by atoms with Crippen molar-refractivity contribution in [3.05, 3.63) is 102 Å². The zero-order valence-electron chi connectivity index (χ0n) is 20.9. The van der Waals surface area contributed by atoms with Crippen LogP contribution >= 0.6 is 0 Å². The van der Waals surface area contributed by atoms with Gasteiger partial charge in [0.1, 0.15) is 30.0 Å². The third-order valence-corrected chi connectivity index (χ3v) is 6.14.